The van der Waals surface area contributed by atoms with Gasteiger partial charge in [0.25, 0.3) is 0 Å². The molecule has 0 fully saturated rings. The predicted molar refractivity (Wildman–Crippen MR) is 47.4 cm³/mol. The zero-order valence-electron chi connectivity index (χ0n) is 7.82. The first kappa shape index (κ1) is 9.63. The monoisotopic (exact) mass is 214 g/mol. The maximum absolute atomic E-state index is 12.1. The summed E-state index contributed by atoms with van der Waals surface area (Å²) in [7, 11) is 1.52. The first-order valence-electron chi connectivity index (χ1n) is 4.15. The Bertz CT molecular complexity index is 437. The van der Waals surface area contributed by atoms with Gasteiger partial charge < -0.3 is 4.74 Å². The molecule has 0 radical (unpaired) electrons. The number of rotatable bonds is 3. The molecule has 0 atom stereocenters. The second-order valence-corrected chi connectivity index (χ2v) is 2.82. The normalized spacial score (nSPS) is 10.9. The van der Waals surface area contributed by atoms with Gasteiger partial charge in [0.1, 0.15) is 0 Å². The van der Waals surface area contributed by atoms with Gasteiger partial charge >= 0.3 is 6.61 Å². The summed E-state index contributed by atoms with van der Waals surface area (Å²) in [5.41, 5.74) is 0.942. The molecule has 1 N–H and O–H groups in total. The highest BCUT2D eigenvalue weighted by Gasteiger charge is 2.17. The lowest BCUT2D eigenvalue weighted by Crippen LogP contribution is -2.07. The third-order valence-electron chi connectivity index (χ3n) is 1.86. The number of nitrogens with zero attached hydrogens (tertiary/aromatic N) is 3. The van der Waals surface area contributed by atoms with Gasteiger partial charge in [-0.3, -0.25) is 5.10 Å². The highest BCUT2D eigenvalue weighted by Crippen LogP contribution is 2.28. The number of aromatic nitrogens is 4. The van der Waals surface area contributed by atoms with Crippen LogP contribution >= 0.6 is 0 Å². The Hall–Kier alpha value is -1.92. The summed E-state index contributed by atoms with van der Waals surface area (Å²) in [4.78, 5) is 0. The van der Waals surface area contributed by atoms with Gasteiger partial charge in [-0.15, -0.1) is 0 Å². The molecule has 80 valence electrons. The van der Waals surface area contributed by atoms with Gasteiger partial charge in [-0.25, -0.2) is 4.68 Å². The number of hydrogen-bond acceptors (Lipinski definition) is 3. The first-order valence-corrected chi connectivity index (χ1v) is 4.15. The summed E-state index contributed by atoms with van der Waals surface area (Å²) in [5, 5.41) is 10.3. The Labute approximate surface area is 83.7 Å². The van der Waals surface area contributed by atoms with E-state index in [0.29, 0.717) is 11.3 Å². The van der Waals surface area contributed by atoms with E-state index in [1.54, 1.807) is 12.3 Å². The van der Waals surface area contributed by atoms with E-state index >= 15 is 0 Å². The van der Waals surface area contributed by atoms with Crippen LogP contribution in [0.4, 0.5) is 8.78 Å². The topological polar surface area (TPSA) is 55.7 Å². The second-order valence-electron chi connectivity index (χ2n) is 2.82. The summed E-state index contributed by atoms with van der Waals surface area (Å²) in [6, 6.07) is 1.65. The lowest BCUT2D eigenvalue weighted by atomic mass is 10.2. The molecular weight excluding hydrogens is 206 g/mol. The van der Waals surface area contributed by atoms with Crippen LogP contribution in [0.25, 0.3) is 11.3 Å². The molecule has 0 spiro atoms. The SMILES string of the molecule is Cn1ncc(-c2cc[nH]n2)c1OC(F)F. The Morgan fingerprint density at radius 3 is 2.93 bits per heavy atom. The molecular formula is C8H8F2N4O. The molecule has 7 heteroatoms. The van der Waals surface area contributed by atoms with E-state index < -0.39 is 6.61 Å². The zero-order valence-corrected chi connectivity index (χ0v) is 7.82. The minimum absolute atomic E-state index is 0.00269. The van der Waals surface area contributed by atoms with Crippen LogP contribution in [-0.4, -0.2) is 26.6 Å². The van der Waals surface area contributed by atoms with Gasteiger partial charge in [0.15, 0.2) is 0 Å². The average Bonchev–Trinajstić information content (AvgIpc) is 2.76. The van der Waals surface area contributed by atoms with E-state index in [4.69, 9.17) is 0 Å². The fourth-order valence-electron chi connectivity index (χ4n) is 1.24. The molecule has 0 aliphatic rings. The van der Waals surface area contributed by atoms with Crippen LogP contribution in [0.1, 0.15) is 0 Å². The standard InChI is InChI=1S/C8H8F2N4O/c1-14-7(15-8(9)10)5(4-12-14)6-2-3-11-13-6/h2-4,8H,1H3,(H,11,13). The van der Waals surface area contributed by atoms with Crippen molar-refractivity contribution < 1.29 is 13.5 Å². The van der Waals surface area contributed by atoms with Crippen molar-refractivity contribution in [3.63, 3.8) is 0 Å². The largest absolute Gasteiger partial charge is 0.416 e. The number of aryl methyl sites for hydroxylation is 1. The molecule has 0 saturated heterocycles. The lowest BCUT2D eigenvalue weighted by Gasteiger charge is -2.05. The van der Waals surface area contributed by atoms with Gasteiger partial charge in [-0.2, -0.15) is 19.0 Å². The molecule has 2 aromatic rings. The Balaban J connectivity index is 2.40. The Morgan fingerprint density at radius 2 is 2.33 bits per heavy atom. The second kappa shape index (κ2) is 3.68. The lowest BCUT2D eigenvalue weighted by molar-refractivity contribution is -0.0549. The summed E-state index contributed by atoms with van der Waals surface area (Å²) >= 11 is 0. The summed E-state index contributed by atoms with van der Waals surface area (Å²) in [6.07, 6.45) is 3.02. The van der Waals surface area contributed by atoms with E-state index in [9.17, 15) is 8.78 Å². The van der Waals surface area contributed by atoms with E-state index in [-0.39, 0.29) is 5.88 Å². The molecule has 2 rings (SSSR count). The van der Waals surface area contributed by atoms with Crippen LogP contribution in [0.2, 0.25) is 0 Å². The number of alkyl halides is 2. The van der Waals surface area contributed by atoms with Crippen LogP contribution in [0.5, 0.6) is 5.88 Å². The van der Waals surface area contributed by atoms with Crippen molar-refractivity contribution in [1.82, 2.24) is 20.0 Å². The fraction of sp³-hybridized carbons (Fsp3) is 0.250. The van der Waals surface area contributed by atoms with Crippen LogP contribution in [0.15, 0.2) is 18.5 Å². The molecule has 0 saturated carbocycles. The molecule has 2 heterocycles. The van der Waals surface area contributed by atoms with Crippen molar-refractivity contribution in [2.45, 2.75) is 6.61 Å². The van der Waals surface area contributed by atoms with Crippen molar-refractivity contribution in [2.24, 2.45) is 7.05 Å². The molecule has 0 bridgehead atoms. The number of hydrogen-bond donors (Lipinski definition) is 1. The number of nitrogens with one attached hydrogen (secondary N) is 1. The minimum Gasteiger partial charge on any atom is -0.416 e. The van der Waals surface area contributed by atoms with Crippen LogP contribution in [-0.2, 0) is 7.05 Å². The van der Waals surface area contributed by atoms with Gasteiger partial charge in [0.2, 0.25) is 5.88 Å². The molecule has 0 aliphatic heterocycles. The van der Waals surface area contributed by atoms with E-state index in [0.717, 1.165) is 0 Å². The smallest absolute Gasteiger partial charge is 0.388 e. The van der Waals surface area contributed by atoms with E-state index in [1.165, 1.54) is 17.9 Å². The molecule has 0 amide bonds. The van der Waals surface area contributed by atoms with E-state index in [1.807, 2.05) is 0 Å². The third-order valence-corrected chi connectivity index (χ3v) is 1.86. The quantitative estimate of drug-likeness (QED) is 0.840. The molecule has 0 aliphatic carbocycles. The van der Waals surface area contributed by atoms with E-state index in [2.05, 4.69) is 20.0 Å². The molecule has 0 aromatic carbocycles. The summed E-state index contributed by atoms with van der Waals surface area (Å²) in [6.45, 7) is -2.88. The highest BCUT2D eigenvalue weighted by atomic mass is 19.3. The van der Waals surface area contributed by atoms with Crippen molar-refractivity contribution >= 4 is 0 Å². The van der Waals surface area contributed by atoms with Gasteiger partial charge in [-0.1, -0.05) is 0 Å². The van der Waals surface area contributed by atoms with Crippen molar-refractivity contribution in [3.8, 4) is 17.1 Å². The van der Waals surface area contributed by atoms with Gasteiger partial charge in [0, 0.05) is 13.2 Å². The number of aromatic amines is 1. The van der Waals surface area contributed by atoms with Gasteiger partial charge in [0.05, 0.1) is 17.5 Å². The Morgan fingerprint density at radius 1 is 1.53 bits per heavy atom. The van der Waals surface area contributed by atoms with Crippen molar-refractivity contribution in [2.75, 3.05) is 0 Å². The van der Waals surface area contributed by atoms with Crippen molar-refractivity contribution in [3.05, 3.63) is 18.5 Å². The number of ether oxygens (including phenoxy) is 1. The number of H-pyrrole nitrogens is 1. The average molecular weight is 214 g/mol. The number of halogens is 2. The highest BCUT2D eigenvalue weighted by molar-refractivity contribution is 5.63. The summed E-state index contributed by atoms with van der Waals surface area (Å²) in [5.74, 6) is -0.00269. The summed E-state index contributed by atoms with van der Waals surface area (Å²) < 4.78 is 29.8. The van der Waals surface area contributed by atoms with Crippen LogP contribution < -0.4 is 4.74 Å². The van der Waals surface area contributed by atoms with Crippen LogP contribution in [0, 0.1) is 0 Å². The minimum atomic E-state index is -2.88. The van der Waals surface area contributed by atoms with Crippen LogP contribution in [0.3, 0.4) is 0 Å². The fourth-order valence-corrected chi connectivity index (χ4v) is 1.24. The molecule has 5 nitrogen and oxygen atoms in total. The molecule has 15 heavy (non-hydrogen) atoms. The Kier molecular flexibility index (Phi) is 2.36. The molecule has 0 unspecified atom stereocenters. The third kappa shape index (κ3) is 1.80. The predicted octanol–water partition coefficient (Wildman–Crippen LogP) is 1.41. The maximum Gasteiger partial charge on any atom is 0.388 e. The maximum atomic E-state index is 12.1. The molecule has 2 aromatic heterocycles. The van der Waals surface area contributed by atoms with Crippen molar-refractivity contribution in [1.29, 1.82) is 0 Å². The first-order chi connectivity index (χ1) is 7.18. The zero-order chi connectivity index (χ0) is 10.8. The van der Waals surface area contributed by atoms with Gasteiger partial charge in [-0.05, 0) is 6.07 Å².